The molecule has 2 aliphatic rings. The Labute approximate surface area is 160 Å². The first-order valence-corrected chi connectivity index (χ1v) is 9.47. The van der Waals surface area contributed by atoms with Gasteiger partial charge in [-0.1, -0.05) is 72.8 Å². The smallest absolute Gasteiger partial charge is 0.129 e. The lowest BCUT2D eigenvalue weighted by Crippen LogP contribution is -2.10. The zero-order valence-electron chi connectivity index (χ0n) is 15.7. The second-order valence-electron chi connectivity index (χ2n) is 7.49. The van der Waals surface area contributed by atoms with Crippen molar-refractivity contribution in [3.63, 3.8) is 0 Å². The Balaban J connectivity index is 1.53. The highest BCUT2D eigenvalue weighted by atomic mass is 15.5. The highest BCUT2D eigenvalue weighted by Crippen LogP contribution is 2.55. The van der Waals surface area contributed by atoms with E-state index in [9.17, 15) is 0 Å². The van der Waals surface area contributed by atoms with Gasteiger partial charge in [-0.15, -0.1) is 0 Å². The lowest BCUT2D eigenvalue weighted by Gasteiger charge is -2.17. The quantitative estimate of drug-likeness (QED) is 0.634. The molecular formula is C24H23N3. The Hall–Kier alpha value is -2.91. The molecule has 0 saturated carbocycles. The van der Waals surface area contributed by atoms with Crippen LogP contribution in [0.15, 0.2) is 89.9 Å². The number of anilines is 1. The number of hydrogen-bond acceptors (Lipinski definition) is 3. The van der Waals surface area contributed by atoms with Gasteiger partial charge in [-0.25, -0.2) is 0 Å². The molecule has 0 aromatic heterocycles. The maximum atomic E-state index is 5.14. The predicted molar refractivity (Wildman–Crippen MR) is 111 cm³/mol. The van der Waals surface area contributed by atoms with E-state index in [1.54, 1.807) is 0 Å². The average Bonchev–Trinajstić information content (AvgIpc) is 3.33. The van der Waals surface area contributed by atoms with Crippen molar-refractivity contribution in [1.82, 2.24) is 4.90 Å². The molecule has 0 bridgehead atoms. The van der Waals surface area contributed by atoms with Crippen LogP contribution in [-0.4, -0.2) is 30.7 Å². The molecule has 0 N–H and O–H groups in total. The van der Waals surface area contributed by atoms with Crippen LogP contribution in [0.1, 0.15) is 28.9 Å². The van der Waals surface area contributed by atoms with E-state index in [1.165, 1.54) is 28.1 Å². The fourth-order valence-corrected chi connectivity index (χ4v) is 4.17. The first kappa shape index (κ1) is 16.3. The minimum Gasteiger partial charge on any atom is -0.378 e. The molecule has 1 fully saturated rings. The van der Waals surface area contributed by atoms with Crippen molar-refractivity contribution in [3.05, 3.63) is 102 Å². The summed E-state index contributed by atoms with van der Waals surface area (Å²) in [5.74, 6) is 0. The summed E-state index contributed by atoms with van der Waals surface area (Å²) in [5, 5.41) is 0. The molecule has 2 heterocycles. The van der Waals surface area contributed by atoms with Crippen LogP contribution in [0.25, 0.3) is 0 Å². The van der Waals surface area contributed by atoms with Gasteiger partial charge in [0.2, 0.25) is 0 Å². The molecule has 1 saturated heterocycles. The van der Waals surface area contributed by atoms with Crippen LogP contribution >= 0.6 is 0 Å². The monoisotopic (exact) mass is 353 g/mol. The molecule has 0 spiro atoms. The molecule has 4 atom stereocenters. The summed E-state index contributed by atoms with van der Waals surface area (Å²) in [4.78, 5) is 9.80. The van der Waals surface area contributed by atoms with Crippen molar-refractivity contribution < 1.29 is 0 Å². The van der Waals surface area contributed by atoms with Gasteiger partial charge in [-0.05, 0) is 28.8 Å². The highest BCUT2D eigenvalue weighted by Gasteiger charge is 2.59. The first-order valence-electron chi connectivity index (χ1n) is 9.47. The zero-order valence-corrected chi connectivity index (χ0v) is 15.7. The van der Waals surface area contributed by atoms with Crippen LogP contribution in [0.5, 0.6) is 0 Å². The van der Waals surface area contributed by atoms with Crippen molar-refractivity contribution >= 4 is 11.4 Å². The van der Waals surface area contributed by atoms with Gasteiger partial charge < -0.3 is 4.90 Å². The summed E-state index contributed by atoms with van der Waals surface area (Å²) < 4.78 is 0. The molecule has 0 radical (unpaired) electrons. The molecule has 3 heteroatoms. The van der Waals surface area contributed by atoms with E-state index in [0.717, 1.165) is 0 Å². The van der Waals surface area contributed by atoms with Crippen molar-refractivity contribution in [2.45, 2.75) is 18.2 Å². The normalized spacial score (nSPS) is 25.6. The van der Waals surface area contributed by atoms with Crippen LogP contribution in [0.3, 0.4) is 0 Å². The van der Waals surface area contributed by atoms with Gasteiger partial charge in [0, 0.05) is 19.8 Å². The number of fused-ring (bicyclic) bond motifs is 1. The van der Waals surface area contributed by atoms with Gasteiger partial charge in [0.15, 0.2) is 0 Å². The van der Waals surface area contributed by atoms with E-state index in [-0.39, 0.29) is 6.17 Å². The fourth-order valence-electron chi connectivity index (χ4n) is 4.17. The molecule has 1 unspecified atom stereocenters. The second-order valence-corrected chi connectivity index (χ2v) is 7.49. The van der Waals surface area contributed by atoms with E-state index in [2.05, 4.69) is 109 Å². The Kier molecular flexibility index (Phi) is 3.83. The van der Waals surface area contributed by atoms with Crippen molar-refractivity contribution in [2.24, 2.45) is 4.99 Å². The fraction of sp³-hybridized carbons (Fsp3) is 0.208. The molecule has 3 nitrogen and oxygen atoms in total. The maximum Gasteiger partial charge on any atom is 0.129 e. The largest absolute Gasteiger partial charge is 0.378 e. The van der Waals surface area contributed by atoms with E-state index in [0.29, 0.717) is 12.1 Å². The lowest BCUT2D eigenvalue weighted by molar-refractivity contribution is 0.404. The minimum atomic E-state index is 0.0895. The Morgan fingerprint density at radius 2 is 1.33 bits per heavy atom. The zero-order chi connectivity index (χ0) is 18.4. The number of aliphatic imine (C=N–C) groups is 1. The minimum absolute atomic E-state index is 0.0895. The number of benzene rings is 3. The molecule has 0 amide bonds. The van der Waals surface area contributed by atoms with Gasteiger partial charge >= 0.3 is 0 Å². The van der Waals surface area contributed by atoms with Crippen molar-refractivity contribution in [3.8, 4) is 0 Å². The third kappa shape index (κ3) is 2.75. The molecule has 3 aromatic carbocycles. The highest BCUT2D eigenvalue weighted by molar-refractivity contribution is 6.08. The summed E-state index contributed by atoms with van der Waals surface area (Å²) in [6.07, 6.45) is 0.0895. The predicted octanol–water partition coefficient (Wildman–Crippen LogP) is 4.68. The SMILES string of the molecule is CN(C)c1ccc([C@@H]2N=C(c3ccccc3)[C@@H]3[C@H](c4ccccc4)N32)cc1. The maximum absolute atomic E-state index is 5.14. The molecule has 5 rings (SSSR count). The average molecular weight is 353 g/mol. The molecule has 27 heavy (non-hydrogen) atoms. The van der Waals surface area contributed by atoms with Gasteiger partial charge in [0.1, 0.15) is 6.17 Å². The molecule has 134 valence electrons. The van der Waals surface area contributed by atoms with Crippen LogP contribution in [0, 0.1) is 0 Å². The van der Waals surface area contributed by atoms with Crippen molar-refractivity contribution in [1.29, 1.82) is 0 Å². The third-order valence-corrected chi connectivity index (χ3v) is 5.59. The third-order valence-electron chi connectivity index (χ3n) is 5.59. The number of hydrogen-bond donors (Lipinski definition) is 0. The van der Waals surface area contributed by atoms with Crippen LogP contribution in [0.4, 0.5) is 5.69 Å². The van der Waals surface area contributed by atoms with E-state index < -0.39 is 0 Å². The molecule has 3 aromatic rings. The Morgan fingerprint density at radius 3 is 1.96 bits per heavy atom. The van der Waals surface area contributed by atoms with Gasteiger partial charge in [0.05, 0.1) is 17.8 Å². The summed E-state index contributed by atoms with van der Waals surface area (Å²) in [5.41, 5.74) is 6.30. The van der Waals surface area contributed by atoms with E-state index in [1.807, 2.05) is 0 Å². The summed E-state index contributed by atoms with van der Waals surface area (Å²) in [6, 6.07) is 31.0. The summed E-state index contributed by atoms with van der Waals surface area (Å²) >= 11 is 0. The van der Waals surface area contributed by atoms with Crippen LogP contribution in [-0.2, 0) is 0 Å². The molecule has 2 aliphatic heterocycles. The number of rotatable bonds is 4. The van der Waals surface area contributed by atoms with Crippen molar-refractivity contribution in [2.75, 3.05) is 19.0 Å². The van der Waals surface area contributed by atoms with Gasteiger partial charge in [-0.2, -0.15) is 0 Å². The summed E-state index contributed by atoms with van der Waals surface area (Å²) in [6.45, 7) is 0. The topological polar surface area (TPSA) is 18.6 Å². The standard InChI is InChI=1S/C24H23N3/c1-26(2)20-15-13-19(14-16-20)24-25-21(17-9-5-3-6-10-17)23-22(27(23)24)18-11-7-4-8-12-18/h3-16,22-24H,1-2H3/t22-,23+,24+,27?/m0/s1. The Bertz CT molecular complexity index is 962. The van der Waals surface area contributed by atoms with E-state index >= 15 is 0 Å². The van der Waals surface area contributed by atoms with Gasteiger partial charge in [0.25, 0.3) is 0 Å². The molecular weight excluding hydrogens is 330 g/mol. The van der Waals surface area contributed by atoms with Crippen LogP contribution < -0.4 is 4.90 Å². The lowest BCUT2D eigenvalue weighted by atomic mass is 10.0. The van der Waals surface area contributed by atoms with Gasteiger partial charge in [-0.3, -0.25) is 9.89 Å². The molecule has 0 aliphatic carbocycles. The van der Waals surface area contributed by atoms with E-state index in [4.69, 9.17) is 4.99 Å². The second kappa shape index (κ2) is 6.36. The number of nitrogens with zero attached hydrogens (tertiary/aromatic N) is 3. The first-order chi connectivity index (χ1) is 13.2. The van der Waals surface area contributed by atoms with Crippen LogP contribution in [0.2, 0.25) is 0 Å². The summed E-state index contributed by atoms with van der Waals surface area (Å²) in [7, 11) is 4.14. The Morgan fingerprint density at radius 1 is 0.704 bits per heavy atom.